The number of allylic oxidation sites excluding steroid dienone is 2. The van der Waals surface area contributed by atoms with Crippen molar-refractivity contribution in [3.63, 3.8) is 0 Å². The smallest absolute Gasteiger partial charge is 0.306 e. The van der Waals surface area contributed by atoms with Crippen LogP contribution in [0.1, 0.15) is 136 Å². The number of unbranched alkanes of at least 4 members (excludes halogenated alkanes) is 11. The summed E-state index contributed by atoms with van der Waals surface area (Å²) in [7, 11) is 0. The van der Waals surface area contributed by atoms with Gasteiger partial charge in [-0.25, -0.2) is 0 Å². The highest BCUT2D eigenvalue weighted by Gasteiger charge is 2.35. The van der Waals surface area contributed by atoms with E-state index in [-0.39, 0.29) is 31.3 Å². The number of esters is 2. The molecule has 0 aromatic rings. The Bertz CT molecular complexity index is 784. The van der Waals surface area contributed by atoms with Crippen LogP contribution < -0.4 is 0 Å². The van der Waals surface area contributed by atoms with Gasteiger partial charge in [0.2, 0.25) is 0 Å². The van der Waals surface area contributed by atoms with E-state index in [0.717, 1.165) is 38.5 Å². The van der Waals surface area contributed by atoms with E-state index in [2.05, 4.69) is 13.8 Å². The topological polar surface area (TPSA) is 143 Å². The van der Waals surface area contributed by atoms with Gasteiger partial charge in [0.25, 0.3) is 0 Å². The summed E-state index contributed by atoms with van der Waals surface area (Å²) in [6.45, 7) is 3.75. The standard InChI is InChI=1S/C35H62O9/c1-3-5-7-8-9-10-11-12-18-22-34(40)43-29(26-36)27-42-33(39)21-17-14-13-16-20-30-31(38)25-35(41)44-32(30)24-23-28(37)19-15-6-4-2/h13,16,23-24,28-32,35-38,41H,3-12,14-15,17-22,25-27H2,1-2H3/b16-13-,24-23+/t28-,29-,30-,31-,32+,35?/m0/s1. The highest BCUT2D eigenvalue weighted by molar-refractivity contribution is 5.70. The number of hydrogen-bond acceptors (Lipinski definition) is 9. The van der Waals surface area contributed by atoms with Gasteiger partial charge in [-0.05, 0) is 32.1 Å². The van der Waals surface area contributed by atoms with Crippen molar-refractivity contribution in [1.29, 1.82) is 0 Å². The number of aliphatic hydroxyl groups excluding tert-OH is 4. The van der Waals surface area contributed by atoms with Crippen molar-refractivity contribution in [1.82, 2.24) is 0 Å². The first-order chi connectivity index (χ1) is 21.3. The maximum absolute atomic E-state index is 12.1. The molecule has 0 radical (unpaired) electrons. The van der Waals surface area contributed by atoms with Crippen LogP contribution in [0.2, 0.25) is 0 Å². The zero-order chi connectivity index (χ0) is 32.4. The number of carbonyl (C=O) groups is 2. The zero-order valence-electron chi connectivity index (χ0n) is 27.5. The van der Waals surface area contributed by atoms with E-state index in [0.29, 0.717) is 32.1 Å². The van der Waals surface area contributed by atoms with Crippen LogP contribution in [0.25, 0.3) is 0 Å². The minimum absolute atomic E-state index is 0.136. The summed E-state index contributed by atoms with van der Waals surface area (Å²) in [6.07, 6.45) is 20.1. The summed E-state index contributed by atoms with van der Waals surface area (Å²) in [6, 6.07) is 0. The lowest BCUT2D eigenvalue weighted by Crippen LogP contribution is -2.43. The predicted octanol–water partition coefficient (Wildman–Crippen LogP) is 6.05. The summed E-state index contributed by atoms with van der Waals surface area (Å²) in [5.74, 6) is -1.05. The van der Waals surface area contributed by atoms with Gasteiger partial charge < -0.3 is 34.6 Å². The average molecular weight is 627 g/mol. The molecule has 0 spiro atoms. The first-order valence-electron chi connectivity index (χ1n) is 17.3. The van der Waals surface area contributed by atoms with Crippen LogP contribution in [0.4, 0.5) is 0 Å². The van der Waals surface area contributed by atoms with Crippen LogP contribution in [0.5, 0.6) is 0 Å². The van der Waals surface area contributed by atoms with E-state index in [1.54, 1.807) is 12.2 Å². The van der Waals surface area contributed by atoms with Crippen LogP contribution in [0, 0.1) is 5.92 Å². The summed E-state index contributed by atoms with van der Waals surface area (Å²) in [5.41, 5.74) is 0. The number of hydrogen-bond donors (Lipinski definition) is 4. The maximum Gasteiger partial charge on any atom is 0.306 e. The predicted molar refractivity (Wildman–Crippen MR) is 172 cm³/mol. The van der Waals surface area contributed by atoms with Crippen molar-refractivity contribution in [2.75, 3.05) is 13.2 Å². The molecule has 0 aliphatic carbocycles. The van der Waals surface area contributed by atoms with E-state index in [1.807, 2.05) is 12.2 Å². The lowest BCUT2D eigenvalue weighted by molar-refractivity contribution is -0.199. The fourth-order valence-corrected chi connectivity index (χ4v) is 5.30. The van der Waals surface area contributed by atoms with Crippen molar-refractivity contribution in [2.45, 2.75) is 167 Å². The highest BCUT2D eigenvalue weighted by Crippen LogP contribution is 2.29. The van der Waals surface area contributed by atoms with E-state index in [4.69, 9.17) is 14.2 Å². The minimum atomic E-state index is -1.04. The normalized spacial score (nSPS) is 22.0. The molecule has 6 atom stereocenters. The van der Waals surface area contributed by atoms with E-state index >= 15 is 0 Å². The summed E-state index contributed by atoms with van der Waals surface area (Å²) in [4.78, 5) is 24.2. The fraction of sp³-hybridized carbons (Fsp3) is 0.829. The Labute approximate surface area is 266 Å². The Balaban J connectivity index is 2.25. The SMILES string of the molecule is CCCCCCCCCCCC(=O)O[C@@H](CO)COC(=O)CCC/C=C\C[C@H]1[C@@H](O)CC(O)O[C@@H]1/C=C/[C@@H](O)CCCCC. The van der Waals surface area contributed by atoms with Crippen molar-refractivity contribution in [3.05, 3.63) is 24.3 Å². The first kappa shape index (κ1) is 40.2. The molecular weight excluding hydrogens is 564 g/mol. The molecule has 256 valence electrons. The lowest BCUT2D eigenvalue weighted by Gasteiger charge is -2.36. The van der Waals surface area contributed by atoms with Gasteiger partial charge in [0.15, 0.2) is 12.4 Å². The fourth-order valence-electron chi connectivity index (χ4n) is 5.30. The molecule has 0 aromatic heterocycles. The van der Waals surface area contributed by atoms with Crippen molar-refractivity contribution in [3.8, 4) is 0 Å². The molecule has 9 nitrogen and oxygen atoms in total. The second-order valence-corrected chi connectivity index (χ2v) is 12.1. The van der Waals surface area contributed by atoms with Crippen molar-refractivity contribution < 1.29 is 44.2 Å². The molecule has 1 saturated heterocycles. The van der Waals surface area contributed by atoms with Gasteiger partial charge in [-0.2, -0.15) is 0 Å². The Morgan fingerprint density at radius 1 is 0.864 bits per heavy atom. The Morgan fingerprint density at radius 2 is 1.50 bits per heavy atom. The van der Waals surface area contributed by atoms with Gasteiger partial charge in [-0.15, -0.1) is 0 Å². The molecule has 1 aliphatic rings. The molecule has 0 saturated carbocycles. The largest absolute Gasteiger partial charge is 0.462 e. The first-order valence-corrected chi connectivity index (χ1v) is 17.3. The second kappa shape index (κ2) is 26.4. The quantitative estimate of drug-likeness (QED) is 0.0512. The third-order valence-electron chi connectivity index (χ3n) is 8.04. The molecule has 1 heterocycles. The molecule has 1 aliphatic heterocycles. The summed E-state index contributed by atoms with van der Waals surface area (Å²) >= 11 is 0. The molecule has 44 heavy (non-hydrogen) atoms. The molecule has 1 rings (SSSR count). The maximum atomic E-state index is 12.1. The molecule has 0 bridgehead atoms. The van der Waals surface area contributed by atoms with Crippen molar-refractivity contribution >= 4 is 11.9 Å². The van der Waals surface area contributed by atoms with Gasteiger partial charge >= 0.3 is 11.9 Å². The number of carbonyl (C=O) groups excluding carboxylic acids is 2. The molecule has 1 unspecified atom stereocenters. The molecule has 1 fully saturated rings. The van der Waals surface area contributed by atoms with Crippen LogP contribution in [0.3, 0.4) is 0 Å². The second-order valence-electron chi connectivity index (χ2n) is 12.1. The van der Waals surface area contributed by atoms with Gasteiger partial charge in [0.1, 0.15) is 6.61 Å². The van der Waals surface area contributed by atoms with Gasteiger partial charge in [-0.1, -0.05) is 109 Å². The highest BCUT2D eigenvalue weighted by atomic mass is 16.6. The molecule has 0 amide bonds. The molecular formula is C35H62O9. The van der Waals surface area contributed by atoms with E-state index < -0.39 is 43.3 Å². The average Bonchev–Trinajstić information content (AvgIpc) is 2.99. The molecule has 4 N–H and O–H groups in total. The number of ether oxygens (including phenoxy) is 3. The molecule has 9 heteroatoms. The van der Waals surface area contributed by atoms with Crippen LogP contribution in [0.15, 0.2) is 24.3 Å². The van der Waals surface area contributed by atoms with Gasteiger partial charge in [-0.3, -0.25) is 9.59 Å². The summed E-state index contributed by atoms with van der Waals surface area (Å²) < 4.78 is 16.1. The number of aliphatic hydroxyl groups is 4. The third kappa shape index (κ3) is 20.3. The Hall–Kier alpha value is -1.78. The van der Waals surface area contributed by atoms with Crippen LogP contribution in [-0.4, -0.2) is 76.3 Å². The van der Waals surface area contributed by atoms with Crippen LogP contribution >= 0.6 is 0 Å². The van der Waals surface area contributed by atoms with Gasteiger partial charge in [0.05, 0.1) is 24.9 Å². The van der Waals surface area contributed by atoms with Crippen LogP contribution in [-0.2, 0) is 23.8 Å². The Morgan fingerprint density at radius 3 is 2.18 bits per heavy atom. The number of rotatable bonds is 26. The van der Waals surface area contributed by atoms with E-state index in [1.165, 1.54) is 38.5 Å². The molecule has 0 aromatic carbocycles. The zero-order valence-corrected chi connectivity index (χ0v) is 27.5. The lowest BCUT2D eigenvalue weighted by atomic mass is 9.87. The minimum Gasteiger partial charge on any atom is -0.462 e. The van der Waals surface area contributed by atoms with Crippen molar-refractivity contribution in [2.24, 2.45) is 5.92 Å². The van der Waals surface area contributed by atoms with Gasteiger partial charge in [0, 0.05) is 25.2 Å². The van der Waals surface area contributed by atoms with E-state index in [9.17, 15) is 30.0 Å². The Kier molecular flexibility index (Phi) is 24.2. The third-order valence-corrected chi connectivity index (χ3v) is 8.04. The monoisotopic (exact) mass is 626 g/mol. The summed E-state index contributed by atoms with van der Waals surface area (Å²) in [5, 5.41) is 40.2.